The Balaban J connectivity index is 1.05. The molecule has 0 N–H and O–H groups in total. The fraction of sp³-hybridized carbons (Fsp3) is 0.385. The molecular weight excluding hydrogens is 430 g/mol. The molecule has 0 aliphatic carbocycles. The molecule has 1 aromatic heterocycles. The van der Waals surface area contributed by atoms with E-state index in [0.29, 0.717) is 30.7 Å². The third kappa shape index (κ3) is 3.98. The van der Waals surface area contributed by atoms with Gasteiger partial charge in [-0.1, -0.05) is 24.3 Å². The third-order valence-electron chi connectivity index (χ3n) is 7.29. The van der Waals surface area contributed by atoms with Crippen molar-refractivity contribution < 1.29 is 14.3 Å². The van der Waals surface area contributed by atoms with E-state index in [1.165, 1.54) is 11.9 Å². The van der Waals surface area contributed by atoms with Gasteiger partial charge in [0.15, 0.2) is 0 Å². The lowest BCUT2D eigenvalue weighted by molar-refractivity contribution is -0.136. The second kappa shape index (κ2) is 8.68. The fourth-order valence-electron chi connectivity index (χ4n) is 5.58. The number of likely N-dealkylation sites (tertiary alicyclic amines) is 1. The van der Waals surface area contributed by atoms with Gasteiger partial charge in [-0.05, 0) is 48.6 Å². The van der Waals surface area contributed by atoms with Crippen LogP contribution in [0.1, 0.15) is 39.9 Å². The summed E-state index contributed by atoms with van der Waals surface area (Å²) in [6.07, 6.45) is 6.70. The Kier molecular flexibility index (Phi) is 5.37. The highest BCUT2D eigenvalue weighted by Gasteiger charge is 2.42. The number of esters is 1. The van der Waals surface area contributed by atoms with Gasteiger partial charge in [-0.2, -0.15) is 5.10 Å². The molecule has 3 aromatic rings. The van der Waals surface area contributed by atoms with E-state index in [-0.39, 0.29) is 11.9 Å². The number of rotatable bonds is 6. The SMILES string of the molecule is O=C1OCc2cc(CCN3CC4CCC(C3)N4C(=O)Cc3ccc(-n4cncn4)cc3)ccc21. The number of carbonyl (C=O) groups excluding carboxylic acids is 2. The van der Waals surface area contributed by atoms with Gasteiger partial charge in [0.2, 0.25) is 5.91 Å². The third-order valence-corrected chi connectivity index (χ3v) is 7.29. The number of piperazine rings is 1. The molecule has 2 aromatic carbocycles. The average molecular weight is 458 g/mol. The lowest BCUT2D eigenvalue weighted by atomic mass is 10.0. The van der Waals surface area contributed by atoms with E-state index >= 15 is 0 Å². The number of amides is 1. The van der Waals surface area contributed by atoms with Gasteiger partial charge in [0.1, 0.15) is 19.3 Å². The Morgan fingerprint density at radius 3 is 2.53 bits per heavy atom. The van der Waals surface area contributed by atoms with Gasteiger partial charge in [-0.3, -0.25) is 9.69 Å². The number of aromatic nitrogens is 3. The minimum absolute atomic E-state index is 0.218. The van der Waals surface area contributed by atoms with Gasteiger partial charge in [-0.25, -0.2) is 14.5 Å². The predicted molar refractivity (Wildman–Crippen MR) is 124 cm³/mol. The van der Waals surface area contributed by atoms with Gasteiger partial charge in [0, 0.05) is 37.3 Å². The molecule has 3 aliphatic rings. The molecule has 2 bridgehead atoms. The molecule has 0 saturated carbocycles. The summed E-state index contributed by atoms with van der Waals surface area (Å²) < 4.78 is 6.82. The Morgan fingerprint density at radius 2 is 1.79 bits per heavy atom. The van der Waals surface area contributed by atoms with Gasteiger partial charge in [0.05, 0.1) is 17.7 Å². The second-order valence-corrected chi connectivity index (χ2v) is 9.45. The number of fused-ring (bicyclic) bond motifs is 3. The molecule has 2 fully saturated rings. The summed E-state index contributed by atoms with van der Waals surface area (Å²) in [6.45, 7) is 3.21. The first-order valence-electron chi connectivity index (χ1n) is 11.9. The minimum atomic E-state index is -0.218. The van der Waals surface area contributed by atoms with Gasteiger partial charge in [-0.15, -0.1) is 0 Å². The van der Waals surface area contributed by atoms with Gasteiger partial charge >= 0.3 is 5.97 Å². The van der Waals surface area contributed by atoms with Crippen molar-refractivity contribution >= 4 is 11.9 Å². The molecule has 6 rings (SSSR count). The second-order valence-electron chi connectivity index (χ2n) is 9.45. The van der Waals surface area contributed by atoms with Crippen molar-refractivity contribution in [2.75, 3.05) is 19.6 Å². The highest BCUT2D eigenvalue weighted by molar-refractivity contribution is 5.93. The molecule has 34 heavy (non-hydrogen) atoms. The van der Waals surface area contributed by atoms with Crippen LogP contribution in [0.4, 0.5) is 0 Å². The van der Waals surface area contributed by atoms with Crippen LogP contribution in [0.15, 0.2) is 55.1 Å². The Bertz CT molecular complexity index is 1190. The summed E-state index contributed by atoms with van der Waals surface area (Å²) in [5, 5.41) is 4.14. The summed E-state index contributed by atoms with van der Waals surface area (Å²) >= 11 is 0. The van der Waals surface area contributed by atoms with Crippen LogP contribution < -0.4 is 0 Å². The zero-order valence-corrected chi connectivity index (χ0v) is 19.0. The van der Waals surface area contributed by atoms with Crippen LogP contribution in [0.5, 0.6) is 0 Å². The first-order valence-corrected chi connectivity index (χ1v) is 11.9. The molecule has 2 atom stereocenters. The van der Waals surface area contributed by atoms with E-state index in [1.807, 2.05) is 36.4 Å². The topological polar surface area (TPSA) is 80.6 Å². The predicted octanol–water partition coefficient (Wildman–Crippen LogP) is 2.40. The normalized spacial score (nSPS) is 21.5. The van der Waals surface area contributed by atoms with E-state index in [2.05, 4.69) is 25.9 Å². The van der Waals surface area contributed by atoms with Crippen LogP contribution >= 0.6 is 0 Å². The molecule has 8 heteroatoms. The number of nitrogens with zero attached hydrogens (tertiary/aromatic N) is 5. The number of hydrogen-bond donors (Lipinski definition) is 0. The van der Waals surface area contributed by atoms with Crippen molar-refractivity contribution in [2.24, 2.45) is 0 Å². The molecule has 2 unspecified atom stereocenters. The van der Waals surface area contributed by atoms with Crippen LogP contribution in [0.3, 0.4) is 0 Å². The Labute approximate surface area is 198 Å². The summed E-state index contributed by atoms with van der Waals surface area (Å²) in [4.78, 5) is 33.5. The smallest absolute Gasteiger partial charge is 0.338 e. The van der Waals surface area contributed by atoms with Crippen LogP contribution in [-0.2, 0) is 29.0 Å². The van der Waals surface area contributed by atoms with Gasteiger partial charge < -0.3 is 9.64 Å². The lowest BCUT2D eigenvalue weighted by Gasteiger charge is -2.41. The molecule has 4 heterocycles. The van der Waals surface area contributed by atoms with Crippen molar-refractivity contribution in [1.82, 2.24) is 24.6 Å². The van der Waals surface area contributed by atoms with Crippen LogP contribution in [0, 0.1) is 0 Å². The van der Waals surface area contributed by atoms with Crippen LogP contribution in [0.25, 0.3) is 5.69 Å². The van der Waals surface area contributed by atoms with E-state index < -0.39 is 0 Å². The molecule has 0 spiro atoms. The standard InChI is InChI=1S/C26H27N5O3/c32-25(12-18-1-4-21(5-2-18)30-17-27-16-28-30)31-22-6-7-23(31)14-29(13-22)10-9-19-3-8-24-20(11-19)15-34-26(24)33/h1-5,8,11,16-17,22-23H,6-7,9-10,12-15H2. The Hall–Kier alpha value is -3.52. The van der Waals surface area contributed by atoms with E-state index in [0.717, 1.165) is 55.7 Å². The maximum Gasteiger partial charge on any atom is 0.338 e. The quantitative estimate of drug-likeness (QED) is 0.529. The highest BCUT2D eigenvalue weighted by Crippen LogP contribution is 2.31. The number of cyclic esters (lactones) is 1. The maximum atomic E-state index is 13.2. The maximum absolute atomic E-state index is 13.2. The molecule has 3 aliphatic heterocycles. The summed E-state index contributed by atoms with van der Waals surface area (Å²) in [6, 6.07) is 14.6. The van der Waals surface area contributed by atoms with E-state index in [4.69, 9.17) is 4.74 Å². The van der Waals surface area contributed by atoms with Gasteiger partial charge in [0.25, 0.3) is 0 Å². The molecule has 0 radical (unpaired) electrons. The summed E-state index contributed by atoms with van der Waals surface area (Å²) in [5.41, 5.74) is 4.88. The number of hydrogen-bond acceptors (Lipinski definition) is 6. The van der Waals surface area contributed by atoms with E-state index in [1.54, 1.807) is 11.0 Å². The minimum Gasteiger partial charge on any atom is -0.457 e. The molecule has 174 valence electrons. The number of ether oxygens (including phenoxy) is 1. The lowest BCUT2D eigenvalue weighted by Crippen LogP contribution is -2.56. The first kappa shape index (κ1) is 21.0. The van der Waals surface area contributed by atoms with Crippen LogP contribution in [-0.4, -0.2) is 68.2 Å². The van der Waals surface area contributed by atoms with Crippen molar-refractivity contribution in [2.45, 2.75) is 44.4 Å². The number of carbonyl (C=O) groups is 2. The molecule has 8 nitrogen and oxygen atoms in total. The van der Waals surface area contributed by atoms with Crippen molar-refractivity contribution in [1.29, 1.82) is 0 Å². The summed E-state index contributed by atoms with van der Waals surface area (Å²) in [5.74, 6) is 0.00834. The largest absolute Gasteiger partial charge is 0.457 e. The van der Waals surface area contributed by atoms with E-state index in [9.17, 15) is 9.59 Å². The molecular formula is C26H27N5O3. The fourth-order valence-corrected chi connectivity index (χ4v) is 5.58. The number of benzene rings is 2. The van der Waals surface area contributed by atoms with Crippen molar-refractivity contribution in [3.8, 4) is 5.69 Å². The van der Waals surface area contributed by atoms with Crippen molar-refractivity contribution in [3.05, 3.63) is 77.4 Å². The van der Waals surface area contributed by atoms with Crippen molar-refractivity contribution in [3.63, 3.8) is 0 Å². The Morgan fingerprint density at radius 1 is 1.03 bits per heavy atom. The average Bonchev–Trinajstić information content (AvgIpc) is 3.57. The highest BCUT2D eigenvalue weighted by atomic mass is 16.5. The summed E-state index contributed by atoms with van der Waals surface area (Å²) in [7, 11) is 0. The first-order chi connectivity index (χ1) is 16.6. The van der Waals surface area contributed by atoms with Crippen LogP contribution in [0.2, 0.25) is 0 Å². The molecule has 2 saturated heterocycles. The molecule has 1 amide bonds. The zero-order valence-electron chi connectivity index (χ0n) is 19.0. The monoisotopic (exact) mass is 457 g/mol. The zero-order chi connectivity index (χ0) is 23.1.